The van der Waals surface area contributed by atoms with E-state index in [1.54, 1.807) is 24.3 Å². The Hall–Kier alpha value is -4.15. The van der Waals surface area contributed by atoms with Crippen LogP contribution in [0.2, 0.25) is 0 Å². The van der Waals surface area contributed by atoms with Gasteiger partial charge in [0.25, 0.3) is 0 Å². The molecule has 1 N–H and O–H groups in total. The highest BCUT2D eigenvalue weighted by Crippen LogP contribution is 2.46. The van der Waals surface area contributed by atoms with Gasteiger partial charge in [-0.3, -0.25) is 4.79 Å². The minimum Gasteiger partial charge on any atom is -0.440 e. The van der Waals surface area contributed by atoms with Crippen LogP contribution in [0.5, 0.6) is 0 Å². The van der Waals surface area contributed by atoms with Crippen LogP contribution in [0, 0.1) is 28.6 Å². The van der Waals surface area contributed by atoms with Gasteiger partial charge < -0.3 is 14.6 Å². The van der Waals surface area contributed by atoms with Gasteiger partial charge in [0.1, 0.15) is 17.0 Å². The number of nitrogens with zero attached hydrogens (tertiary/aromatic N) is 4. The lowest BCUT2D eigenvalue weighted by Crippen LogP contribution is -2.42. The van der Waals surface area contributed by atoms with E-state index in [2.05, 4.69) is 22.4 Å². The average Bonchev–Trinajstić information content (AvgIpc) is 3.63. The molecule has 1 amide bonds. The number of carbonyl (C=O) groups excluding carboxylic acids is 1. The zero-order valence-corrected chi connectivity index (χ0v) is 23.5. The van der Waals surface area contributed by atoms with Crippen LogP contribution in [0.15, 0.2) is 52.9 Å². The molecule has 1 aromatic heterocycles. The number of hydrogen-bond acceptors (Lipinski definition) is 8. The molecule has 0 unspecified atom stereocenters. The average molecular weight is 570 g/mol. The molecule has 6 rings (SSSR count). The van der Waals surface area contributed by atoms with E-state index in [4.69, 9.17) is 9.40 Å². The second kappa shape index (κ2) is 10.7. The van der Waals surface area contributed by atoms with Gasteiger partial charge in [0.05, 0.1) is 29.2 Å². The third kappa shape index (κ3) is 5.45. The zero-order valence-electron chi connectivity index (χ0n) is 22.7. The molecular formula is C31H31N5O4S. The molecule has 3 aromatic rings. The van der Waals surface area contributed by atoms with E-state index < -0.39 is 15.4 Å². The quantitative estimate of drug-likeness (QED) is 0.456. The lowest BCUT2D eigenvalue weighted by molar-refractivity contribution is -0.127. The molecule has 0 spiro atoms. The first-order chi connectivity index (χ1) is 19.8. The molecule has 3 aliphatic rings. The number of rotatable bonds is 6. The highest BCUT2D eigenvalue weighted by Gasteiger charge is 2.47. The zero-order chi connectivity index (χ0) is 28.6. The Labute approximate surface area is 239 Å². The van der Waals surface area contributed by atoms with E-state index in [0.717, 1.165) is 36.1 Å². The summed E-state index contributed by atoms with van der Waals surface area (Å²) >= 11 is 0. The molecule has 210 valence electrons. The van der Waals surface area contributed by atoms with Gasteiger partial charge in [0.15, 0.2) is 9.84 Å². The molecule has 1 aliphatic heterocycles. The third-order valence-corrected chi connectivity index (χ3v) is 10.1. The molecule has 0 bridgehead atoms. The number of para-hydroxylation sites is 1. The van der Waals surface area contributed by atoms with Crippen LogP contribution >= 0.6 is 0 Å². The van der Waals surface area contributed by atoms with Gasteiger partial charge in [-0.1, -0.05) is 31.0 Å². The number of anilines is 1. The van der Waals surface area contributed by atoms with Crippen molar-refractivity contribution in [3.63, 3.8) is 0 Å². The number of nitriles is 2. The standard InChI is InChI=1S/C31H31N5O4S/c32-19-21-9-11-22(12-10-21)30-34-27(25-7-3-4-8-26(25)36-15-17-41(38,39)18-16-36)28(40-30)23-5-1-2-6-24(23)29(37)35-31(20-33)13-14-31/h3-4,7-12,23-24H,1-2,5-6,13-18H2,(H,35,37)/t23-,24-/m1/s1. The van der Waals surface area contributed by atoms with Gasteiger partial charge in [0, 0.05) is 41.7 Å². The molecule has 2 saturated carbocycles. The Balaban J connectivity index is 1.43. The van der Waals surface area contributed by atoms with Crippen LogP contribution in [0.25, 0.3) is 22.7 Å². The van der Waals surface area contributed by atoms with Crippen molar-refractivity contribution in [2.24, 2.45) is 5.92 Å². The Morgan fingerprint density at radius 2 is 1.73 bits per heavy atom. The summed E-state index contributed by atoms with van der Waals surface area (Å²) in [5.74, 6) is 0.499. The fourth-order valence-corrected chi connectivity index (χ4v) is 7.17. The van der Waals surface area contributed by atoms with Crippen LogP contribution in [-0.4, -0.2) is 49.4 Å². The predicted octanol–water partition coefficient (Wildman–Crippen LogP) is 4.56. The predicted molar refractivity (Wildman–Crippen MR) is 153 cm³/mol. The summed E-state index contributed by atoms with van der Waals surface area (Å²) in [6, 6.07) is 19.2. The van der Waals surface area contributed by atoms with Gasteiger partial charge in [-0.2, -0.15) is 10.5 Å². The van der Waals surface area contributed by atoms with Crippen LogP contribution in [0.1, 0.15) is 55.8 Å². The van der Waals surface area contributed by atoms with Crippen molar-refractivity contribution >= 4 is 21.4 Å². The number of nitrogens with one attached hydrogen (secondary N) is 1. The second-order valence-electron chi connectivity index (χ2n) is 11.3. The fourth-order valence-electron chi connectivity index (χ4n) is 5.97. The SMILES string of the molecule is N#Cc1ccc(-c2nc(-c3ccccc3N3CCS(=O)(=O)CC3)c([C@@H]3CCCC[C@H]3C(=O)NC3(C#N)CC3)o2)cc1. The molecule has 41 heavy (non-hydrogen) atoms. The van der Waals surface area contributed by atoms with E-state index >= 15 is 0 Å². The molecular weight excluding hydrogens is 538 g/mol. The van der Waals surface area contributed by atoms with E-state index in [0.29, 0.717) is 55.3 Å². The topological polar surface area (TPSA) is 140 Å². The summed E-state index contributed by atoms with van der Waals surface area (Å²) < 4.78 is 30.8. The lowest BCUT2D eigenvalue weighted by Gasteiger charge is -2.32. The molecule has 2 heterocycles. The van der Waals surface area contributed by atoms with Crippen molar-refractivity contribution in [3.05, 3.63) is 59.9 Å². The Morgan fingerprint density at radius 3 is 2.41 bits per heavy atom. The van der Waals surface area contributed by atoms with Crippen LogP contribution in [-0.2, 0) is 14.6 Å². The normalized spacial score (nSPS) is 22.7. The molecule has 1 saturated heterocycles. The van der Waals surface area contributed by atoms with Crippen molar-refractivity contribution in [3.8, 4) is 34.8 Å². The van der Waals surface area contributed by atoms with Crippen molar-refractivity contribution in [1.82, 2.24) is 10.3 Å². The molecule has 3 fully saturated rings. The number of benzene rings is 2. The monoisotopic (exact) mass is 569 g/mol. The van der Waals surface area contributed by atoms with Crippen molar-refractivity contribution in [2.45, 2.75) is 50.0 Å². The van der Waals surface area contributed by atoms with E-state index in [-0.39, 0.29) is 29.2 Å². The summed E-state index contributed by atoms with van der Waals surface area (Å²) in [6.45, 7) is 0.777. The van der Waals surface area contributed by atoms with E-state index in [1.807, 2.05) is 24.3 Å². The number of amides is 1. The van der Waals surface area contributed by atoms with Crippen LogP contribution in [0.3, 0.4) is 0 Å². The van der Waals surface area contributed by atoms with Gasteiger partial charge in [-0.25, -0.2) is 13.4 Å². The molecule has 9 nitrogen and oxygen atoms in total. The maximum Gasteiger partial charge on any atom is 0.226 e. The second-order valence-corrected chi connectivity index (χ2v) is 13.6. The largest absolute Gasteiger partial charge is 0.440 e. The van der Waals surface area contributed by atoms with Gasteiger partial charge in [-0.15, -0.1) is 0 Å². The van der Waals surface area contributed by atoms with Crippen LogP contribution < -0.4 is 10.2 Å². The van der Waals surface area contributed by atoms with Gasteiger partial charge in [0.2, 0.25) is 11.8 Å². The highest BCUT2D eigenvalue weighted by molar-refractivity contribution is 7.91. The number of carbonyl (C=O) groups is 1. The summed E-state index contributed by atoms with van der Waals surface area (Å²) in [5, 5.41) is 21.8. The van der Waals surface area contributed by atoms with E-state index in [1.165, 1.54) is 0 Å². The first-order valence-corrected chi connectivity index (χ1v) is 15.9. The Kier molecular flexibility index (Phi) is 7.04. The van der Waals surface area contributed by atoms with Gasteiger partial charge in [-0.05, 0) is 56.0 Å². The van der Waals surface area contributed by atoms with Crippen molar-refractivity contribution in [2.75, 3.05) is 29.5 Å². The Morgan fingerprint density at radius 1 is 1.02 bits per heavy atom. The minimum absolute atomic E-state index is 0.0923. The summed E-state index contributed by atoms with van der Waals surface area (Å²) in [7, 11) is -3.06. The Bertz CT molecular complexity index is 1650. The molecule has 2 aliphatic carbocycles. The van der Waals surface area contributed by atoms with E-state index in [9.17, 15) is 23.7 Å². The number of aromatic nitrogens is 1. The van der Waals surface area contributed by atoms with Crippen molar-refractivity contribution < 1.29 is 17.6 Å². The van der Waals surface area contributed by atoms with Crippen molar-refractivity contribution in [1.29, 1.82) is 10.5 Å². The summed E-state index contributed by atoms with van der Waals surface area (Å²) in [4.78, 5) is 20.6. The maximum atomic E-state index is 13.5. The fraction of sp³-hybridized carbons (Fsp3) is 0.419. The smallest absolute Gasteiger partial charge is 0.226 e. The summed E-state index contributed by atoms with van der Waals surface area (Å²) in [5.41, 5.74) is 2.84. The first-order valence-electron chi connectivity index (χ1n) is 14.1. The first kappa shape index (κ1) is 27.0. The summed E-state index contributed by atoms with van der Waals surface area (Å²) in [6.07, 6.45) is 4.63. The minimum atomic E-state index is -3.06. The number of sulfone groups is 1. The number of hydrogen-bond donors (Lipinski definition) is 1. The molecule has 0 radical (unpaired) electrons. The lowest BCUT2D eigenvalue weighted by atomic mass is 9.76. The third-order valence-electron chi connectivity index (χ3n) is 8.52. The molecule has 10 heteroatoms. The van der Waals surface area contributed by atoms with Crippen LogP contribution in [0.4, 0.5) is 5.69 Å². The van der Waals surface area contributed by atoms with Gasteiger partial charge >= 0.3 is 0 Å². The number of oxazole rings is 1. The highest BCUT2D eigenvalue weighted by atomic mass is 32.2. The molecule has 2 atom stereocenters. The molecule has 2 aromatic carbocycles. The maximum absolute atomic E-state index is 13.5.